The lowest BCUT2D eigenvalue weighted by atomic mass is 9.97. The van der Waals surface area contributed by atoms with Crippen molar-refractivity contribution < 1.29 is 0 Å². The van der Waals surface area contributed by atoms with Crippen LogP contribution in [0.25, 0.3) is 49.7 Å². The van der Waals surface area contributed by atoms with E-state index >= 15 is 0 Å². The third-order valence-corrected chi connectivity index (χ3v) is 6.00. The van der Waals surface area contributed by atoms with Crippen molar-refractivity contribution in [1.82, 2.24) is 4.57 Å². The molecular formula is C30H21N. The quantitative estimate of drug-likeness (QED) is 0.285. The maximum atomic E-state index is 2.38. The van der Waals surface area contributed by atoms with Gasteiger partial charge < -0.3 is 4.57 Å². The summed E-state index contributed by atoms with van der Waals surface area (Å²) < 4.78 is 2.38. The Morgan fingerprint density at radius 1 is 0.419 bits per heavy atom. The van der Waals surface area contributed by atoms with E-state index in [-0.39, 0.29) is 0 Å². The zero-order chi connectivity index (χ0) is 20.6. The highest BCUT2D eigenvalue weighted by Gasteiger charge is 2.16. The van der Waals surface area contributed by atoms with Crippen LogP contribution in [0.15, 0.2) is 127 Å². The molecule has 0 saturated heterocycles. The summed E-state index contributed by atoms with van der Waals surface area (Å²) in [4.78, 5) is 0. The minimum absolute atomic E-state index is 1.18. The van der Waals surface area contributed by atoms with Gasteiger partial charge in [0.15, 0.2) is 0 Å². The molecule has 146 valence electrons. The first-order chi connectivity index (χ1) is 15.4. The number of aromatic nitrogens is 1. The first-order valence-electron chi connectivity index (χ1n) is 10.6. The molecule has 1 nitrogen and oxygen atoms in total. The second-order valence-corrected chi connectivity index (χ2v) is 7.83. The van der Waals surface area contributed by atoms with E-state index in [1.807, 2.05) is 0 Å². The molecule has 0 atom stereocenters. The molecule has 6 aromatic rings. The van der Waals surface area contributed by atoms with Gasteiger partial charge in [0.1, 0.15) is 0 Å². The van der Waals surface area contributed by atoms with Crippen molar-refractivity contribution in [2.24, 2.45) is 0 Å². The minimum atomic E-state index is 1.18. The van der Waals surface area contributed by atoms with Crippen molar-refractivity contribution in [1.29, 1.82) is 0 Å². The van der Waals surface area contributed by atoms with Gasteiger partial charge in [0, 0.05) is 16.5 Å². The van der Waals surface area contributed by atoms with Crippen molar-refractivity contribution in [2.75, 3.05) is 0 Å². The lowest BCUT2D eigenvalue weighted by molar-refractivity contribution is 1.18. The summed E-state index contributed by atoms with van der Waals surface area (Å²) in [5.41, 5.74) is 8.62. The molecule has 0 amide bonds. The highest BCUT2D eigenvalue weighted by atomic mass is 15.0. The van der Waals surface area contributed by atoms with Gasteiger partial charge in [-0.2, -0.15) is 0 Å². The fourth-order valence-corrected chi connectivity index (χ4v) is 4.59. The Kier molecular flexibility index (Phi) is 4.18. The van der Waals surface area contributed by atoms with Crippen LogP contribution in [0.5, 0.6) is 0 Å². The third-order valence-electron chi connectivity index (χ3n) is 6.00. The molecular weight excluding hydrogens is 374 g/mol. The van der Waals surface area contributed by atoms with Crippen LogP contribution in [0, 0.1) is 0 Å². The van der Waals surface area contributed by atoms with Gasteiger partial charge in [0.25, 0.3) is 0 Å². The number of nitrogens with zero attached hydrogens (tertiary/aromatic N) is 1. The van der Waals surface area contributed by atoms with Gasteiger partial charge in [-0.15, -0.1) is 0 Å². The Hall–Kier alpha value is -4.10. The fourth-order valence-electron chi connectivity index (χ4n) is 4.59. The zero-order valence-electron chi connectivity index (χ0n) is 17.1. The third kappa shape index (κ3) is 2.94. The van der Waals surface area contributed by atoms with Gasteiger partial charge in [-0.3, -0.25) is 0 Å². The lowest BCUT2D eigenvalue weighted by Crippen LogP contribution is -1.93. The van der Waals surface area contributed by atoms with E-state index in [4.69, 9.17) is 0 Å². The van der Waals surface area contributed by atoms with Crippen LogP contribution in [0.3, 0.4) is 0 Å². The molecule has 0 spiro atoms. The molecule has 1 heterocycles. The first-order valence-corrected chi connectivity index (χ1v) is 10.6. The van der Waals surface area contributed by atoms with Crippen LogP contribution in [0.2, 0.25) is 0 Å². The molecule has 0 N–H and O–H groups in total. The number of hydrogen-bond acceptors (Lipinski definition) is 0. The van der Waals surface area contributed by atoms with E-state index in [9.17, 15) is 0 Å². The number of hydrogen-bond donors (Lipinski definition) is 0. The van der Waals surface area contributed by atoms with Crippen LogP contribution < -0.4 is 0 Å². The van der Waals surface area contributed by atoms with E-state index in [0.717, 1.165) is 0 Å². The highest BCUT2D eigenvalue weighted by molar-refractivity contribution is 6.16. The molecule has 0 radical (unpaired) electrons. The van der Waals surface area contributed by atoms with Crippen molar-refractivity contribution in [3.05, 3.63) is 127 Å². The van der Waals surface area contributed by atoms with Crippen molar-refractivity contribution >= 4 is 21.8 Å². The molecule has 0 bridgehead atoms. The summed E-state index contributed by atoms with van der Waals surface area (Å²) in [6.45, 7) is 0. The molecule has 1 aromatic heterocycles. The predicted octanol–water partition coefficient (Wildman–Crippen LogP) is 8.12. The number of para-hydroxylation sites is 1. The van der Waals surface area contributed by atoms with Crippen molar-refractivity contribution in [2.45, 2.75) is 0 Å². The maximum Gasteiger partial charge on any atom is 0.0547 e. The second-order valence-electron chi connectivity index (χ2n) is 7.83. The van der Waals surface area contributed by atoms with E-state index in [2.05, 4.69) is 132 Å². The average molecular weight is 396 g/mol. The maximum absolute atomic E-state index is 2.38. The van der Waals surface area contributed by atoms with Gasteiger partial charge in [-0.1, -0.05) is 97.1 Å². The normalized spacial score (nSPS) is 11.2. The zero-order valence-corrected chi connectivity index (χ0v) is 17.1. The average Bonchev–Trinajstić information content (AvgIpc) is 3.19. The number of rotatable bonds is 3. The Labute approximate surface area is 181 Å². The molecule has 6 rings (SSSR count). The fraction of sp³-hybridized carbons (Fsp3) is 0. The molecule has 0 aliphatic rings. The van der Waals surface area contributed by atoms with E-state index in [0.29, 0.717) is 0 Å². The van der Waals surface area contributed by atoms with E-state index in [1.54, 1.807) is 0 Å². The molecule has 0 fully saturated rings. The van der Waals surface area contributed by atoms with E-state index in [1.165, 1.54) is 49.7 Å². The second kappa shape index (κ2) is 7.30. The minimum Gasteiger partial charge on any atom is -0.309 e. The highest BCUT2D eigenvalue weighted by Crippen LogP contribution is 2.39. The van der Waals surface area contributed by atoms with Gasteiger partial charge in [-0.25, -0.2) is 0 Å². The van der Waals surface area contributed by atoms with Crippen LogP contribution in [-0.4, -0.2) is 4.57 Å². The summed E-state index contributed by atoms with van der Waals surface area (Å²) in [7, 11) is 0. The molecule has 5 aromatic carbocycles. The number of fused-ring (bicyclic) bond motifs is 3. The topological polar surface area (TPSA) is 4.93 Å². The van der Waals surface area contributed by atoms with Crippen molar-refractivity contribution in [3.63, 3.8) is 0 Å². The largest absolute Gasteiger partial charge is 0.309 e. The smallest absolute Gasteiger partial charge is 0.0547 e. The Morgan fingerprint density at radius 2 is 1.06 bits per heavy atom. The van der Waals surface area contributed by atoms with Crippen LogP contribution in [0.1, 0.15) is 0 Å². The van der Waals surface area contributed by atoms with Gasteiger partial charge in [-0.05, 0) is 52.6 Å². The number of benzene rings is 5. The Bertz CT molecular complexity index is 1490. The van der Waals surface area contributed by atoms with Crippen LogP contribution in [0.4, 0.5) is 0 Å². The van der Waals surface area contributed by atoms with E-state index < -0.39 is 0 Å². The van der Waals surface area contributed by atoms with Gasteiger partial charge in [0.05, 0.1) is 11.0 Å². The van der Waals surface area contributed by atoms with Gasteiger partial charge >= 0.3 is 0 Å². The summed E-state index contributed by atoms with van der Waals surface area (Å²) in [6, 6.07) is 45.4. The molecule has 1 heteroatoms. The molecule has 0 aliphatic heterocycles. The molecule has 31 heavy (non-hydrogen) atoms. The Morgan fingerprint density at radius 3 is 1.77 bits per heavy atom. The molecule has 0 unspecified atom stereocenters. The predicted molar refractivity (Wildman–Crippen MR) is 132 cm³/mol. The Balaban J connectivity index is 1.75. The first kappa shape index (κ1) is 17.7. The van der Waals surface area contributed by atoms with Gasteiger partial charge in [0.2, 0.25) is 0 Å². The SMILES string of the molecule is c1ccc(-c2ccc3c(c2)c2c(-c4ccccc4)cccc2n3-c2ccccc2)cc1. The standard InChI is InChI=1S/C30H21N/c1-4-11-22(12-5-1)24-19-20-28-27(21-24)30-26(23-13-6-2-7-14-23)17-10-18-29(30)31(28)25-15-8-3-9-16-25/h1-21H. The summed E-state index contributed by atoms with van der Waals surface area (Å²) in [5, 5.41) is 2.57. The molecule has 0 saturated carbocycles. The summed E-state index contributed by atoms with van der Waals surface area (Å²) >= 11 is 0. The summed E-state index contributed by atoms with van der Waals surface area (Å²) in [5.74, 6) is 0. The molecule has 0 aliphatic carbocycles. The lowest BCUT2D eigenvalue weighted by Gasteiger charge is -2.08. The van der Waals surface area contributed by atoms with Crippen LogP contribution >= 0.6 is 0 Å². The van der Waals surface area contributed by atoms with Crippen molar-refractivity contribution in [3.8, 4) is 27.9 Å². The summed E-state index contributed by atoms with van der Waals surface area (Å²) in [6.07, 6.45) is 0. The van der Waals surface area contributed by atoms with Crippen LogP contribution in [-0.2, 0) is 0 Å². The monoisotopic (exact) mass is 395 g/mol.